The van der Waals surface area contributed by atoms with E-state index in [-0.39, 0.29) is 6.71 Å². The van der Waals surface area contributed by atoms with Gasteiger partial charge in [-0.25, -0.2) is 0 Å². The number of fused-ring (bicyclic) bond motifs is 8. The third-order valence-corrected chi connectivity index (χ3v) is 12.1. The summed E-state index contributed by atoms with van der Waals surface area (Å²) in [7, 11) is 0. The fourth-order valence-corrected chi connectivity index (χ4v) is 10.2. The molecule has 47 heavy (non-hydrogen) atoms. The fraction of sp³-hybridized carbons (Fsp3) is 0.318. The molecule has 2 heterocycles. The molecule has 0 atom stereocenters. The summed E-state index contributed by atoms with van der Waals surface area (Å²) in [6.45, 7) is 7.40. The highest BCUT2D eigenvalue weighted by Gasteiger charge is 2.46. The summed E-state index contributed by atoms with van der Waals surface area (Å²) in [6.07, 6.45) is 12.2. The first-order valence-electron chi connectivity index (χ1n) is 18.2. The summed E-state index contributed by atoms with van der Waals surface area (Å²) in [5.74, 6) is 0. The Morgan fingerprint density at radius 3 is 1.89 bits per heavy atom. The number of nitrogens with zero attached hydrogens (tertiary/aromatic N) is 2. The summed E-state index contributed by atoms with van der Waals surface area (Å²) < 4.78 is 0. The standard InChI is InChI=1S/C44H43BN2/c1-28-12-4-9-18-36(28)46-38-20-11-21-39-43(38)45(35-24-31-26-44(2,3)27-32(31)25-41(35)46)42-34-17-8-6-14-30(34)22-23-40(42)47(39)37-19-10-15-29-13-5-7-16-33(29)37/h4,9-12,15,18-25H,5-8,13-14,16-17,26-27H2,1-3H3. The molecule has 2 nitrogen and oxygen atoms in total. The Bertz CT molecular complexity index is 2120. The van der Waals surface area contributed by atoms with Crippen LogP contribution in [0.15, 0.2) is 84.9 Å². The molecule has 0 bridgehead atoms. The van der Waals surface area contributed by atoms with Crippen molar-refractivity contribution < 1.29 is 0 Å². The third kappa shape index (κ3) is 4.05. The van der Waals surface area contributed by atoms with Crippen LogP contribution in [0.4, 0.5) is 34.1 Å². The Morgan fingerprint density at radius 1 is 0.511 bits per heavy atom. The third-order valence-electron chi connectivity index (χ3n) is 12.1. The number of rotatable bonds is 2. The summed E-state index contributed by atoms with van der Waals surface area (Å²) >= 11 is 0. The zero-order valence-electron chi connectivity index (χ0n) is 28.1. The van der Waals surface area contributed by atoms with Crippen molar-refractivity contribution in [3.63, 3.8) is 0 Å². The number of anilines is 6. The van der Waals surface area contributed by atoms with Gasteiger partial charge in [0.1, 0.15) is 0 Å². The van der Waals surface area contributed by atoms with E-state index in [4.69, 9.17) is 0 Å². The van der Waals surface area contributed by atoms with Gasteiger partial charge in [-0.2, -0.15) is 0 Å². The zero-order chi connectivity index (χ0) is 31.4. The predicted molar refractivity (Wildman–Crippen MR) is 200 cm³/mol. The first-order valence-corrected chi connectivity index (χ1v) is 18.2. The highest BCUT2D eigenvalue weighted by molar-refractivity contribution is 7.00. The van der Waals surface area contributed by atoms with E-state index in [0.717, 1.165) is 12.8 Å². The van der Waals surface area contributed by atoms with E-state index in [1.165, 1.54) is 108 Å². The van der Waals surface area contributed by atoms with Crippen molar-refractivity contribution in [1.29, 1.82) is 0 Å². The van der Waals surface area contributed by atoms with E-state index >= 15 is 0 Å². The fourth-order valence-electron chi connectivity index (χ4n) is 10.2. The van der Waals surface area contributed by atoms with Gasteiger partial charge in [0.2, 0.25) is 0 Å². The van der Waals surface area contributed by atoms with Gasteiger partial charge < -0.3 is 9.80 Å². The first kappa shape index (κ1) is 27.8. The van der Waals surface area contributed by atoms with Crippen LogP contribution in [-0.4, -0.2) is 6.71 Å². The second-order valence-electron chi connectivity index (χ2n) is 15.8. The van der Waals surface area contributed by atoms with Crippen LogP contribution in [0.2, 0.25) is 0 Å². The molecule has 0 saturated carbocycles. The molecule has 0 aromatic heterocycles. The highest BCUT2D eigenvalue weighted by Crippen LogP contribution is 2.48. The Labute approximate surface area is 280 Å². The molecular weight excluding hydrogens is 567 g/mol. The van der Waals surface area contributed by atoms with E-state index in [2.05, 4.69) is 116 Å². The minimum atomic E-state index is 0.226. The number of aryl methyl sites for hydroxylation is 3. The molecule has 0 radical (unpaired) electrons. The van der Waals surface area contributed by atoms with E-state index in [1.807, 2.05) is 0 Å². The molecular formula is C44H43BN2. The van der Waals surface area contributed by atoms with E-state index in [0.29, 0.717) is 5.41 Å². The molecule has 0 unspecified atom stereocenters. The largest absolute Gasteiger partial charge is 0.311 e. The molecule has 3 heteroatoms. The molecule has 0 amide bonds. The lowest BCUT2D eigenvalue weighted by Gasteiger charge is -2.46. The number of hydrogen-bond acceptors (Lipinski definition) is 2. The van der Waals surface area contributed by atoms with Crippen LogP contribution in [0.25, 0.3) is 0 Å². The van der Waals surface area contributed by atoms with Crippen LogP contribution >= 0.6 is 0 Å². The van der Waals surface area contributed by atoms with E-state index in [1.54, 1.807) is 33.3 Å². The van der Waals surface area contributed by atoms with Gasteiger partial charge in [0.05, 0.1) is 0 Å². The first-order chi connectivity index (χ1) is 23.0. The van der Waals surface area contributed by atoms with Crippen LogP contribution in [0.3, 0.4) is 0 Å². The average molecular weight is 611 g/mol. The van der Waals surface area contributed by atoms with Gasteiger partial charge in [0.25, 0.3) is 6.71 Å². The average Bonchev–Trinajstić information content (AvgIpc) is 3.40. The van der Waals surface area contributed by atoms with Crippen LogP contribution in [0.5, 0.6) is 0 Å². The molecule has 0 N–H and O–H groups in total. The smallest absolute Gasteiger partial charge is 0.252 e. The topological polar surface area (TPSA) is 6.48 Å². The van der Waals surface area contributed by atoms with Gasteiger partial charge in [-0.1, -0.05) is 62.4 Å². The lowest BCUT2D eigenvalue weighted by Crippen LogP contribution is -2.62. The van der Waals surface area contributed by atoms with Crippen LogP contribution in [-0.2, 0) is 38.5 Å². The number of benzene rings is 5. The highest BCUT2D eigenvalue weighted by atomic mass is 15.2. The quantitative estimate of drug-likeness (QED) is 0.180. The summed E-state index contributed by atoms with van der Waals surface area (Å²) in [5, 5.41) is 0. The van der Waals surface area contributed by atoms with Gasteiger partial charge in [-0.3, -0.25) is 0 Å². The maximum atomic E-state index is 2.70. The maximum Gasteiger partial charge on any atom is 0.252 e. The van der Waals surface area contributed by atoms with Gasteiger partial charge in [-0.05, 0) is 168 Å². The van der Waals surface area contributed by atoms with Gasteiger partial charge in [0.15, 0.2) is 0 Å². The monoisotopic (exact) mass is 610 g/mol. The molecule has 5 aromatic carbocycles. The van der Waals surface area contributed by atoms with Crippen LogP contribution in [0, 0.1) is 12.3 Å². The van der Waals surface area contributed by atoms with Crippen molar-refractivity contribution in [3.8, 4) is 0 Å². The Hall–Kier alpha value is -4.24. The molecule has 0 fully saturated rings. The van der Waals surface area contributed by atoms with Crippen molar-refractivity contribution >= 4 is 57.2 Å². The maximum absolute atomic E-state index is 2.70. The van der Waals surface area contributed by atoms with E-state index in [9.17, 15) is 0 Å². The van der Waals surface area contributed by atoms with Gasteiger partial charge in [0, 0.05) is 34.1 Å². The minimum absolute atomic E-state index is 0.226. The van der Waals surface area contributed by atoms with Crippen molar-refractivity contribution in [2.24, 2.45) is 5.41 Å². The van der Waals surface area contributed by atoms with Crippen molar-refractivity contribution in [2.75, 3.05) is 9.80 Å². The lowest BCUT2D eigenvalue weighted by molar-refractivity contribution is 0.392. The lowest BCUT2D eigenvalue weighted by atomic mass is 9.32. The molecule has 0 spiro atoms. The molecule has 3 aliphatic carbocycles. The second kappa shape index (κ2) is 10.1. The Balaban J connectivity index is 1.32. The SMILES string of the molecule is Cc1ccccc1N1c2cc3c(cc2B2c4c1cccc4N(c1cccc4c1CCCC4)c1ccc4c(c12)CCCC4)CC(C)(C)C3. The summed E-state index contributed by atoms with van der Waals surface area (Å²) in [5.41, 5.74) is 23.8. The normalized spacial score (nSPS) is 18.1. The van der Waals surface area contributed by atoms with Crippen molar-refractivity contribution in [1.82, 2.24) is 0 Å². The summed E-state index contributed by atoms with van der Waals surface area (Å²) in [6, 6.07) is 33.5. The predicted octanol–water partition coefficient (Wildman–Crippen LogP) is 8.96. The molecule has 5 aliphatic rings. The Morgan fingerprint density at radius 2 is 1.11 bits per heavy atom. The molecule has 5 aromatic rings. The summed E-state index contributed by atoms with van der Waals surface area (Å²) in [4.78, 5) is 5.33. The van der Waals surface area contributed by atoms with Gasteiger partial charge in [-0.15, -0.1) is 0 Å². The molecule has 2 aliphatic heterocycles. The zero-order valence-corrected chi connectivity index (χ0v) is 28.1. The Kier molecular flexibility index (Phi) is 6.00. The van der Waals surface area contributed by atoms with Crippen LogP contribution in [0.1, 0.15) is 78.5 Å². The van der Waals surface area contributed by atoms with Crippen molar-refractivity contribution in [3.05, 3.63) is 124 Å². The van der Waals surface area contributed by atoms with E-state index < -0.39 is 0 Å². The van der Waals surface area contributed by atoms with Gasteiger partial charge >= 0.3 is 0 Å². The second-order valence-corrected chi connectivity index (χ2v) is 15.8. The number of para-hydroxylation sites is 1. The molecule has 232 valence electrons. The molecule has 10 rings (SSSR count). The molecule has 0 saturated heterocycles. The minimum Gasteiger partial charge on any atom is -0.311 e. The number of hydrogen-bond donors (Lipinski definition) is 0. The van der Waals surface area contributed by atoms with Crippen LogP contribution < -0.4 is 26.2 Å². The van der Waals surface area contributed by atoms with Crippen molar-refractivity contribution in [2.45, 2.75) is 85.0 Å².